The lowest BCUT2D eigenvalue weighted by Crippen LogP contribution is -2.22. The van der Waals surface area contributed by atoms with Crippen molar-refractivity contribution in [2.24, 2.45) is 0 Å². The average Bonchev–Trinajstić information content (AvgIpc) is 2.52. The Bertz CT molecular complexity index is 820. The summed E-state index contributed by atoms with van der Waals surface area (Å²) in [7, 11) is 1.40. The molecule has 0 bridgehead atoms. The van der Waals surface area contributed by atoms with Crippen molar-refractivity contribution in [2.45, 2.75) is 6.92 Å². The monoisotopic (exact) mass is 296 g/mol. The predicted molar refractivity (Wildman–Crippen MR) is 77.6 cm³/mol. The van der Waals surface area contributed by atoms with Gasteiger partial charge in [0.1, 0.15) is 0 Å². The fourth-order valence-corrected chi connectivity index (χ4v) is 2.54. The molecular formula is C17H12O5. The molecule has 0 heterocycles. The van der Waals surface area contributed by atoms with Crippen molar-refractivity contribution in [1.29, 1.82) is 0 Å². The molecule has 2 aromatic carbocycles. The zero-order chi connectivity index (χ0) is 15.9. The number of hydrogen-bond acceptors (Lipinski definition) is 5. The van der Waals surface area contributed by atoms with Gasteiger partial charge in [0, 0.05) is 23.6 Å². The summed E-state index contributed by atoms with van der Waals surface area (Å²) in [6.07, 6.45) is 0. The third-order valence-electron chi connectivity index (χ3n) is 3.48. The van der Waals surface area contributed by atoms with Gasteiger partial charge < -0.3 is 9.47 Å². The van der Waals surface area contributed by atoms with Gasteiger partial charge in [-0.15, -0.1) is 0 Å². The molecule has 0 saturated carbocycles. The summed E-state index contributed by atoms with van der Waals surface area (Å²) in [5.74, 6) is -1.01. The minimum Gasteiger partial charge on any atom is -0.493 e. The van der Waals surface area contributed by atoms with Crippen molar-refractivity contribution in [2.75, 3.05) is 7.11 Å². The highest BCUT2D eigenvalue weighted by atomic mass is 16.6. The largest absolute Gasteiger partial charge is 0.493 e. The van der Waals surface area contributed by atoms with Crippen LogP contribution in [-0.2, 0) is 4.79 Å². The summed E-state index contributed by atoms with van der Waals surface area (Å²) in [6, 6.07) is 9.59. The molecule has 5 heteroatoms. The van der Waals surface area contributed by atoms with Gasteiger partial charge in [0.15, 0.2) is 23.1 Å². The molecule has 0 fully saturated rings. The molecule has 0 amide bonds. The van der Waals surface area contributed by atoms with E-state index in [2.05, 4.69) is 0 Å². The number of methoxy groups -OCH3 is 1. The van der Waals surface area contributed by atoms with E-state index in [4.69, 9.17) is 9.47 Å². The van der Waals surface area contributed by atoms with Crippen molar-refractivity contribution in [3.63, 3.8) is 0 Å². The molecule has 0 atom stereocenters. The second-order valence-electron chi connectivity index (χ2n) is 4.82. The Morgan fingerprint density at radius 2 is 1.55 bits per heavy atom. The summed E-state index contributed by atoms with van der Waals surface area (Å²) < 4.78 is 10.3. The van der Waals surface area contributed by atoms with Gasteiger partial charge in [-0.05, 0) is 12.1 Å². The Morgan fingerprint density at radius 3 is 2.14 bits per heavy atom. The number of benzene rings is 2. The lowest BCUT2D eigenvalue weighted by molar-refractivity contribution is -0.132. The molecule has 0 aromatic heterocycles. The van der Waals surface area contributed by atoms with Gasteiger partial charge in [0.2, 0.25) is 0 Å². The van der Waals surface area contributed by atoms with Gasteiger partial charge >= 0.3 is 5.97 Å². The maximum Gasteiger partial charge on any atom is 0.308 e. The zero-order valence-corrected chi connectivity index (χ0v) is 12.0. The van der Waals surface area contributed by atoms with Gasteiger partial charge in [-0.1, -0.05) is 24.3 Å². The maximum atomic E-state index is 12.7. The minimum absolute atomic E-state index is 0.0136. The highest BCUT2D eigenvalue weighted by Crippen LogP contribution is 2.39. The molecule has 2 aromatic rings. The summed E-state index contributed by atoms with van der Waals surface area (Å²) in [6.45, 7) is 1.22. The first-order chi connectivity index (χ1) is 10.5. The Hall–Kier alpha value is -2.95. The van der Waals surface area contributed by atoms with Crippen LogP contribution in [0.1, 0.15) is 38.8 Å². The standard InChI is InChI=1S/C17H12O5/c1-9(18)22-17-13(21-2)8-7-12-14(17)16(20)11-6-4-3-5-10(11)15(12)19/h3-8H,1-2H3. The molecule has 0 radical (unpaired) electrons. The quantitative estimate of drug-likeness (QED) is 0.536. The molecule has 0 aliphatic heterocycles. The van der Waals surface area contributed by atoms with E-state index < -0.39 is 5.97 Å². The number of fused-ring (bicyclic) bond motifs is 2. The average molecular weight is 296 g/mol. The van der Waals surface area contributed by atoms with Crippen LogP contribution in [0.2, 0.25) is 0 Å². The summed E-state index contributed by atoms with van der Waals surface area (Å²) in [5.41, 5.74) is 0.916. The van der Waals surface area contributed by atoms with Crippen LogP contribution in [0.4, 0.5) is 0 Å². The number of rotatable bonds is 2. The second-order valence-corrected chi connectivity index (χ2v) is 4.82. The first-order valence-corrected chi connectivity index (χ1v) is 6.62. The maximum absolute atomic E-state index is 12.7. The molecule has 3 rings (SSSR count). The SMILES string of the molecule is COc1ccc2c(c1OC(C)=O)C(=O)c1ccccc1C2=O. The lowest BCUT2D eigenvalue weighted by Gasteiger charge is -2.20. The molecule has 0 spiro atoms. The number of hydrogen-bond donors (Lipinski definition) is 0. The van der Waals surface area contributed by atoms with E-state index in [1.807, 2.05) is 0 Å². The summed E-state index contributed by atoms with van der Waals surface area (Å²) in [4.78, 5) is 36.6. The van der Waals surface area contributed by atoms with Crippen molar-refractivity contribution >= 4 is 17.5 Å². The van der Waals surface area contributed by atoms with E-state index in [0.29, 0.717) is 11.1 Å². The minimum atomic E-state index is -0.592. The molecule has 22 heavy (non-hydrogen) atoms. The van der Waals surface area contributed by atoms with Gasteiger partial charge in [0.05, 0.1) is 12.7 Å². The normalized spacial score (nSPS) is 12.5. The molecule has 110 valence electrons. The van der Waals surface area contributed by atoms with Crippen LogP contribution in [0, 0.1) is 0 Å². The fourth-order valence-electron chi connectivity index (χ4n) is 2.54. The fraction of sp³-hybridized carbons (Fsp3) is 0.118. The number of ether oxygens (including phenoxy) is 2. The first kappa shape index (κ1) is 14.0. The smallest absolute Gasteiger partial charge is 0.308 e. The third kappa shape index (κ3) is 1.98. The molecule has 1 aliphatic rings. The Morgan fingerprint density at radius 1 is 0.909 bits per heavy atom. The van der Waals surface area contributed by atoms with E-state index in [-0.39, 0.29) is 34.2 Å². The summed E-state index contributed by atoms with van der Waals surface area (Å²) >= 11 is 0. The molecule has 0 unspecified atom stereocenters. The first-order valence-electron chi connectivity index (χ1n) is 6.62. The van der Waals surface area contributed by atoms with Crippen LogP contribution >= 0.6 is 0 Å². The highest BCUT2D eigenvalue weighted by Gasteiger charge is 2.34. The topological polar surface area (TPSA) is 69.7 Å². The van der Waals surface area contributed by atoms with Crippen LogP contribution < -0.4 is 9.47 Å². The Balaban J connectivity index is 2.30. The van der Waals surface area contributed by atoms with Crippen LogP contribution in [0.5, 0.6) is 11.5 Å². The Kier molecular flexibility index (Phi) is 3.25. The lowest BCUT2D eigenvalue weighted by atomic mass is 9.83. The second kappa shape index (κ2) is 5.11. The molecule has 5 nitrogen and oxygen atoms in total. The number of ketones is 2. The summed E-state index contributed by atoms with van der Waals surface area (Å²) in [5, 5.41) is 0. The number of carbonyl (C=O) groups excluding carboxylic acids is 3. The highest BCUT2D eigenvalue weighted by molar-refractivity contribution is 6.29. The predicted octanol–water partition coefficient (Wildman–Crippen LogP) is 2.40. The van der Waals surface area contributed by atoms with Gasteiger partial charge in [-0.3, -0.25) is 14.4 Å². The van der Waals surface area contributed by atoms with E-state index in [1.165, 1.54) is 26.2 Å². The van der Waals surface area contributed by atoms with E-state index in [0.717, 1.165) is 0 Å². The van der Waals surface area contributed by atoms with Crippen LogP contribution in [0.3, 0.4) is 0 Å². The molecule has 1 aliphatic carbocycles. The van der Waals surface area contributed by atoms with E-state index in [9.17, 15) is 14.4 Å². The van der Waals surface area contributed by atoms with Crippen molar-refractivity contribution in [3.05, 3.63) is 58.7 Å². The van der Waals surface area contributed by atoms with Gasteiger partial charge in [0.25, 0.3) is 0 Å². The molecule has 0 N–H and O–H groups in total. The zero-order valence-electron chi connectivity index (χ0n) is 12.0. The van der Waals surface area contributed by atoms with Crippen molar-refractivity contribution < 1.29 is 23.9 Å². The third-order valence-corrected chi connectivity index (χ3v) is 3.48. The number of carbonyl (C=O) groups is 3. The molecular weight excluding hydrogens is 284 g/mol. The van der Waals surface area contributed by atoms with Crippen LogP contribution in [0.15, 0.2) is 36.4 Å². The van der Waals surface area contributed by atoms with Crippen molar-refractivity contribution in [1.82, 2.24) is 0 Å². The van der Waals surface area contributed by atoms with Gasteiger partial charge in [-0.2, -0.15) is 0 Å². The molecule has 0 saturated heterocycles. The van der Waals surface area contributed by atoms with Crippen LogP contribution in [-0.4, -0.2) is 24.6 Å². The van der Waals surface area contributed by atoms with Crippen molar-refractivity contribution in [3.8, 4) is 11.5 Å². The van der Waals surface area contributed by atoms with E-state index >= 15 is 0 Å². The van der Waals surface area contributed by atoms with E-state index in [1.54, 1.807) is 24.3 Å². The van der Waals surface area contributed by atoms with Crippen LogP contribution in [0.25, 0.3) is 0 Å². The number of esters is 1. The van der Waals surface area contributed by atoms with Gasteiger partial charge in [-0.25, -0.2) is 0 Å². The Labute approximate surface area is 126 Å².